The lowest BCUT2D eigenvalue weighted by atomic mass is 10.0. The van der Waals surface area contributed by atoms with Gasteiger partial charge in [-0.1, -0.05) is 18.2 Å². The molecule has 0 spiro atoms. The number of furan rings is 1. The molecule has 0 amide bonds. The molecule has 2 aromatic rings. The maximum Gasteiger partial charge on any atom is 0.134 e. The molecule has 23 heavy (non-hydrogen) atoms. The number of fused-ring (bicyclic) bond motifs is 3. The van der Waals surface area contributed by atoms with Crippen LogP contribution in [0.3, 0.4) is 0 Å². The van der Waals surface area contributed by atoms with Crippen LogP contribution in [0.25, 0.3) is 11.0 Å². The third-order valence-corrected chi connectivity index (χ3v) is 5.36. The van der Waals surface area contributed by atoms with Crippen molar-refractivity contribution in [2.24, 2.45) is 0 Å². The molecule has 4 rings (SSSR count). The van der Waals surface area contributed by atoms with E-state index in [1.54, 1.807) is 0 Å². The quantitative estimate of drug-likeness (QED) is 0.865. The molecule has 1 saturated heterocycles. The summed E-state index contributed by atoms with van der Waals surface area (Å²) >= 11 is 0. The SMILES string of the molecule is CN1CCN(CCCN2CCc3oc4ccccc4c3C2)CC1. The number of para-hydroxylation sites is 1. The molecule has 0 radical (unpaired) electrons. The first-order chi connectivity index (χ1) is 11.3. The highest BCUT2D eigenvalue weighted by molar-refractivity contribution is 5.82. The van der Waals surface area contributed by atoms with Crippen LogP contribution in [-0.4, -0.2) is 67.6 Å². The number of benzene rings is 1. The van der Waals surface area contributed by atoms with Crippen molar-refractivity contribution in [3.05, 3.63) is 35.6 Å². The molecule has 0 aliphatic carbocycles. The van der Waals surface area contributed by atoms with Crippen LogP contribution >= 0.6 is 0 Å². The fourth-order valence-electron chi connectivity index (χ4n) is 3.87. The van der Waals surface area contributed by atoms with Crippen LogP contribution in [0.2, 0.25) is 0 Å². The zero-order valence-electron chi connectivity index (χ0n) is 14.1. The first kappa shape index (κ1) is 15.2. The van der Waals surface area contributed by atoms with Gasteiger partial charge in [0.05, 0.1) is 0 Å². The lowest BCUT2D eigenvalue weighted by molar-refractivity contribution is 0.144. The highest BCUT2D eigenvalue weighted by Gasteiger charge is 2.22. The van der Waals surface area contributed by atoms with Gasteiger partial charge < -0.3 is 14.2 Å². The van der Waals surface area contributed by atoms with E-state index < -0.39 is 0 Å². The number of hydrogen-bond acceptors (Lipinski definition) is 4. The van der Waals surface area contributed by atoms with E-state index in [0.717, 1.165) is 25.1 Å². The number of piperazine rings is 1. The van der Waals surface area contributed by atoms with E-state index in [1.807, 2.05) is 0 Å². The van der Waals surface area contributed by atoms with E-state index in [2.05, 4.69) is 46.0 Å². The van der Waals surface area contributed by atoms with E-state index in [4.69, 9.17) is 4.42 Å². The fourth-order valence-corrected chi connectivity index (χ4v) is 3.87. The number of hydrogen-bond donors (Lipinski definition) is 0. The van der Waals surface area contributed by atoms with Crippen molar-refractivity contribution < 1.29 is 4.42 Å². The summed E-state index contributed by atoms with van der Waals surface area (Å²) in [6, 6.07) is 8.46. The summed E-state index contributed by atoms with van der Waals surface area (Å²) in [4.78, 5) is 7.63. The monoisotopic (exact) mass is 313 g/mol. The zero-order chi connectivity index (χ0) is 15.6. The molecule has 2 aliphatic heterocycles. The molecule has 0 atom stereocenters. The molecule has 0 bridgehead atoms. The summed E-state index contributed by atoms with van der Waals surface area (Å²) in [7, 11) is 2.22. The minimum Gasteiger partial charge on any atom is -0.461 e. The molecule has 124 valence electrons. The Bertz CT molecular complexity index is 658. The molecular weight excluding hydrogens is 286 g/mol. The summed E-state index contributed by atoms with van der Waals surface area (Å²) in [5, 5.41) is 1.31. The second-order valence-electron chi connectivity index (χ2n) is 7.02. The van der Waals surface area contributed by atoms with E-state index >= 15 is 0 Å². The summed E-state index contributed by atoms with van der Waals surface area (Å²) < 4.78 is 6.01. The maximum absolute atomic E-state index is 6.01. The molecule has 0 N–H and O–H groups in total. The van der Waals surface area contributed by atoms with Gasteiger partial charge in [0.15, 0.2) is 0 Å². The van der Waals surface area contributed by atoms with Crippen molar-refractivity contribution in [3.63, 3.8) is 0 Å². The van der Waals surface area contributed by atoms with Gasteiger partial charge in [-0.15, -0.1) is 0 Å². The molecule has 1 aromatic heterocycles. The van der Waals surface area contributed by atoms with Crippen LogP contribution in [0.5, 0.6) is 0 Å². The molecule has 3 heterocycles. The van der Waals surface area contributed by atoms with Crippen LogP contribution < -0.4 is 0 Å². The highest BCUT2D eigenvalue weighted by Crippen LogP contribution is 2.30. The van der Waals surface area contributed by atoms with Gasteiger partial charge in [-0.2, -0.15) is 0 Å². The van der Waals surface area contributed by atoms with Crippen LogP contribution in [0.4, 0.5) is 0 Å². The molecule has 0 unspecified atom stereocenters. The Balaban J connectivity index is 1.32. The predicted octanol–water partition coefficient (Wildman–Crippen LogP) is 2.43. The Morgan fingerprint density at radius 3 is 2.61 bits per heavy atom. The van der Waals surface area contributed by atoms with Crippen LogP contribution in [0.1, 0.15) is 17.7 Å². The molecule has 4 nitrogen and oxygen atoms in total. The number of rotatable bonds is 4. The summed E-state index contributed by atoms with van der Waals surface area (Å²) in [5.41, 5.74) is 2.48. The Kier molecular flexibility index (Phi) is 4.38. The van der Waals surface area contributed by atoms with E-state index in [1.165, 1.54) is 62.4 Å². The topological polar surface area (TPSA) is 22.9 Å². The lowest BCUT2D eigenvalue weighted by Gasteiger charge is -2.33. The smallest absolute Gasteiger partial charge is 0.134 e. The van der Waals surface area contributed by atoms with Gasteiger partial charge in [0, 0.05) is 56.6 Å². The molecule has 4 heteroatoms. The second kappa shape index (κ2) is 6.63. The minimum atomic E-state index is 1.05. The Morgan fingerprint density at radius 1 is 0.957 bits per heavy atom. The molecular formula is C19H27N3O. The first-order valence-electron chi connectivity index (χ1n) is 8.92. The maximum atomic E-state index is 6.01. The van der Waals surface area contributed by atoms with Crippen molar-refractivity contribution in [2.45, 2.75) is 19.4 Å². The Morgan fingerprint density at radius 2 is 1.74 bits per heavy atom. The summed E-state index contributed by atoms with van der Waals surface area (Å²) in [6.07, 6.45) is 2.33. The zero-order valence-corrected chi connectivity index (χ0v) is 14.1. The third-order valence-electron chi connectivity index (χ3n) is 5.36. The van der Waals surface area contributed by atoms with Crippen molar-refractivity contribution >= 4 is 11.0 Å². The van der Waals surface area contributed by atoms with E-state index in [9.17, 15) is 0 Å². The van der Waals surface area contributed by atoms with Gasteiger partial charge in [-0.25, -0.2) is 0 Å². The fraction of sp³-hybridized carbons (Fsp3) is 0.579. The molecule has 1 aromatic carbocycles. The Hall–Kier alpha value is -1.36. The first-order valence-corrected chi connectivity index (χ1v) is 8.92. The standard InChI is InChI=1S/C19H27N3O/c1-20-11-13-21(14-12-20)8-4-9-22-10-7-19-17(15-22)16-5-2-3-6-18(16)23-19/h2-3,5-6H,4,7-15H2,1H3. The van der Waals surface area contributed by atoms with E-state index in [-0.39, 0.29) is 0 Å². The van der Waals surface area contributed by atoms with Crippen molar-refractivity contribution in [2.75, 3.05) is 52.9 Å². The van der Waals surface area contributed by atoms with Crippen LogP contribution in [0, 0.1) is 0 Å². The normalized spacial score (nSPS) is 20.9. The van der Waals surface area contributed by atoms with Crippen molar-refractivity contribution in [1.82, 2.24) is 14.7 Å². The van der Waals surface area contributed by atoms with Crippen LogP contribution in [-0.2, 0) is 13.0 Å². The van der Waals surface area contributed by atoms with Gasteiger partial charge >= 0.3 is 0 Å². The molecule has 2 aliphatic rings. The number of nitrogens with zero attached hydrogens (tertiary/aromatic N) is 3. The average molecular weight is 313 g/mol. The lowest BCUT2D eigenvalue weighted by Crippen LogP contribution is -2.45. The van der Waals surface area contributed by atoms with Crippen LogP contribution in [0.15, 0.2) is 28.7 Å². The molecule has 1 fully saturated rings. The number of likely N-dealkylation sites (N-methyl/N-ethyl adjacent to an activating group) is 1. The second-order valence-corrected chi connectivity index (χ2v) is 7.02. The van der Waals surface area contributed by atoms with Gasteiger partial charge in [-0.05, 0) is 32.6 Å². The highest BCUT2D eigenvalue weighted by atomic mass is 16.3. The largest absolute Gasteiger partial charge is 0.461 e. The third kappa shape index (κ3) is 3.30. The predicted molar refractivity (Wildman–Crippen MR) is 93.7 cm³/mol. The van der Waals surface area contributed by atoms with Crippen molar-refractivity contribution in [1.29, 1.82) is 0 Å². The van der Waals surface area contributed by atoms with Crippen molar-refractivity contribution in [3.8, 4) is 0 Å². The average Bonchev–Trinajstić information content (AvgIpc) is 2.95. The summed E-state index contributed by atoms with van der Waals surface area (Å²) in [6.45, 7) is 9.52. The Labute approximate surface area is 138 Å². The van der Waals surface area contributed by atoms with Gasteiger partial charge in [0.25, 0.3) is 0 Å². The van der Waals surface area contributed by atoms with Gasteiger partial charge in [0.1, 0.15) is 11.3 Å². The van der Waals surface area contributed by atoms with Gasteiger partial charge in [-0.3, -0.25) is 4.90 Å². The van der Waals surface area contributed by atoms with E-state index in [0.29, 0.717) is 0 Å². The van der Waals surface area contributed by atoms with Gasteiger partial charge in [0.2, 0.25) is 0 Å². The summed E-state index contributed by atoms with van der Waals surface area (Å²) in [5.74, 6) is 1.21. The molecule has 0 saturated carbocycles. The minimum absolute atomic E-state index is 1.05.